The van der Waals surface area contributed by atoms with Crippen molar-refractivity contribution in [2.24, 2.45) is 0 Å². The zero-order valence-electron chi connectivity index (χ0n) is 9.51. The second-order valence-corrected chi connectivity index (χ2v) is 4.80. The van der Waals surface area contributed by atoms with Crippen LogP contribution in [0.4, 0.5) is 0 Å². The molecule has 0 bridgehead atoms. The smallest absolute Gasteiger partial charge is 0.258 e. The summed E-state index contributed by atoms with van der Waals surface area (Å²) in [6.45, 7) is 0. The average Bonchev–Trinajstić information content (AvgIpc) is 2.83. The topological polar surface area (TPSA) is 26.0 Å². The number of rotatable bonds is 2. The number of oxazole rings is 1. The summed E-state index contributed by atoms with van der Waals surface area (Å²) in [7, 11) is 0. The molecule has 88 valence electrons. The highest BCUT2D eigenvalue weighted by atomic mass is 127. The molecule has 3 aromatic rings. The van der Waals surface area contributed by atoms with Crippen molar-refractivity contribution in [1.29, 1.82) is 0 Å². The minimum Gasteiger partial charge on any atom is -0.431 e. The highest BCUT2D eigenvalue weighted by Gasteiger charge is 2.14. The molecule has 18 heavy (non-hydrogen) atoms. The lowest BCUT2D eigenvalue weighted by molar-refractivity contribution is 0.539. The van der Waals surface area contributed by atoms with E-state index in [9.17, 15) is 0 Å². The van der Waals surface area contributed by atoms with E-state index in [1.54, 1.807) is 0 Å². The van der Waals surface area contributed by atoms with Gasteiger partial charge in [0, 0.05) is 33.7 Å². The summed E-state index contributed by atoms with van der Waals surface area (Å²) in [6.07, 6.45) is 0. The van der Waals surface area contributed by atoms with E-state index in [-0.39, 0.29) is 0 Å². The standard InChI is InChI=1S/C15H10INO/c16-15-17-13(11-7-3-1-4-8-11)14(18-15)12-9-5-2-6-10-12/h1-10H. The minimum absolute atomic E-state index is 0.658. The van der Waals surface area contributed by atoms with Crippen LogP contribution in [0, 0.1) is 3.90 Å². The first-order valence-electron chi connectivity index (χ1n) is 5.62. The van der Waals surface area contributed by atoms with E-state index in [0.717, 1.165) is 22.6 Å². The fourth-order valence-electron chi connectivity index (χ4n) is 1.87. The lowest BCUT2D eigenvalue weighted by Gasteiger charge is -2.00. The van der Waals surface area contributed by atoms with Gasteiger partial charge in [-0.15, -0.1) is 0 Å². The molecule has 0 aliphatic rings. The van der Waals surface area contributed by atoms with Gasteiger partial charge >= 0.3 is 0 Å². The second-order valence-electron chi connectivity index (χ2n) is 3.88. The zero-order chi connectivity index (χ0) is 12.4. The molecule has 0 saturated heterocycles. The Morgan fingerprint density at radius 1 is 0.778 bits per heavy atom. The van der Waals surface area contributed by atoms with Crippen LogP contribution in [0.3, 0.4) is 0 Å². The maximum Gasteiger partial charge on any atom is 0.258 e. The Hall–Kier alpha value is -1.62. The molecule has 0 spiro atoms. The fourth-order valence-corrected chi connectivity index (χ4v) is 2.33. The van der Waals surface area contributed by atoms with Crippen LogP contribution in [0.2, 0.25) is 0 Å². The third-order valence-corrected chi connectivity index (χ3v) is 3.15. The summed E-state index contributed by atoms with van der Waals surface area (Å²) in [4.78, 5) is 4.48. The van der Waals surface area contributed by atoms with Crippen LogP contribution in [0.15, 0.2) is 65.1 Å². The predicted molar refractivity (Wildman–Crippen MR) is 80.1 cm³/mol. The van der Waals surface area contributed by atoms with Crippen LogP contribution in [0.5, 0.6) is 0 Å². The summed E-state index contributed by atoms with van der Waals surface area (Å²) < 4.78 is 6.39. The van der Waals surface area contributed by atoms with E-state index in [0.29, 0.717) is 3.90 Å². The van der Waals surface area contributed by atoms with Crippen molar-refractivity contribution in [2.45, 2.75) is 0 Å². The molecular formula is C15H10INO. The van der Waals surface area contributed by atoms with E-state index < -0.39 is 0 Å². The predicted octanol–water partition coefficient (Wildman–Crippen LogP) is 4.61. The van der Waals surface area contributed by atoms with Gasteiger partial charge in [-0.2, -0.15) is 0 Å². The molecule has 0 amide bonds. The third-order valence-electron chi connectivity index (χ3n) is 2.68. The van der Waals surface area contributed by atoms with Gasteiger partial charge < -0.3 is 4.42 Å². The van der Waals surface area contributed by atoms with Crippen molar-refractivity contribution in [3.05, 3.63) is 64.6 Å². The molecular weight excluding hydrogens is 337 g/mol. The Morgan fingerprint density at radius 2 is 1.33 bits per heavy atom. The molecule has 0 fully saturated rings. The molecule has 1 heterocycles. The van der Waals surface area contributed by atoms with Crippen molar-refractivity contribution < 1.29 is 4.42 Å². The monoisotopic (exact) mass is 347 g/mol. The molecule has 2 aromatic carbocycles. The number of hydrogen-bond acceptors (Lipinski definition) is 2. The summed E-state index contributed by atoms with van der Waals surface area (Å²) in [6, 6.07) is 20.1. The van der Waals surface area contributed by atoms with Gasteiger partial charge in [0.15, 0.2) is 5.76 Å². The van der Waals surface area contributed by atoms with Crippen molar-refractivity contribution in [1.82, 2.24) is 4.98 Å². The Labute approximate surface area is 119 Å². The molecule has 0 saturated carbocycles. The summed E-state index contributed by atoms with van der Waals surface area (Å²) in [5.74, 6) is 0.825. The lowest BCUT2D eigenvalue weighted by atomic mass is 10.1. The van der Waals surface area contributed by atoms with Crippen LogP contribution in [-0.2, 0) is 0 Å². The molecule has 1 aromatic heterocycles. The normalized spacial score (nSPS) is 10.5. The summed E-state index contributed by atoms with van der Waals surface area (Å²) in [5, 5.41) is 0. The lowest BCUT2D eigenvalue weighted by Crippen LogP contribution is -1.81. The van der Waals surface area contributed by atoms with Gasteiger partial charge in [-0.1, -0.05) is 60.7 Å². The van der Waals surface area contributed by atoms with E-state index in [1.165, 1.54) is 0 Å². The van der Waals surface area contributed by atoms with Gasteiger partial charge in [-0.05, 0) is 0 Å². The first kappa shape index (κ1) is 11.5. The van der Waals surface area contributed by atoms with Crippen molar-refractivity contribution in [3.8, 4) is 22.6 Å². The molecule has 3 heteroatoms. The van der Waals surface area contributed by atoms with E-state index >= 15 is 0 Å². The van der Waals surface area contributed by atoms with Gasteiger partial charge in [0.05, 0.1) is 0 Å². The fraction of sp³-hybridized carbons (Fsp3) is 0. The zero-order valence-corrected chi connectivity index (χ0v) is 11.7. The highest BCUT2D eigenvalue weighted by molar-refractivity contribution is 14.1. The summed E-state index contributed by atoms with van der Waals surface area (Å²) in [5.41, 5.74) is 3.01. The Balaban J connectivity index is 2.17. The van der Waals surface area contributed by atoms with E-state index in [1.807, 2.05) is 60.7 Å². The van der Waals surface area contributed by atoms with Gasteiger partial charge in [0.1, 0.15) is 5.69 Å². The number of benzene rings is 2. The van der Waals surface area contributed by atoms with Crippen LogP contribution in [0.25, 0.3) is 22.6 Å². The molecule has 0 radical (unpaired) electrons. The maximum absolute atomic E-state index is 5.73. The largest absolute Gasteiger partial charge is 0.431 e. The van der Waals surface area contributed by atoms with E-state index in [4.69, 9.17) is 4.42 Å². The van der Waals surface area contributed by atoms with Crippen LogP contribution < -0.4 is 0 Å². The summed E-state index contributed by atoms with van der Waals surface area (Å²) >= 11 is 2.10. The SMILES string of the molecule is Ic1nc(-c2ccccc2)c(-c2ccccc2)o1. The Kier molecular flexibility index (Phi) is 3.15. The average molecular weight is 347 g/mol. The number of nitrogens with zero attached hydrogens (tertiary/aromatic N) is 1. The van der Waals surface area contributed by atoms with Crippen LogP contribution in [0.1, 0.15) is 0 Å². The third kappa shape index (κ3) is 2.18. The molecule has 0 aliphatic carbocycles. The Bertz CT molecular complexity index is 590. The quantitative estimate of drug-likeness (QED) is 0.633. The van der Waals surface area contributed by atoms with Crippen molar-refractivity contribution >= 4 is 22.6 Å². The van der Waals surface area contributed by atoms with Crippen LogP contribution >= 0.6 is 22.6 Å². The first-order valence-corrected chi connectivity index (χ1v) is 6.69. The number of halogens is 1. The van der Waals surface area contributed by atoms with Gasteiger partial charge in [-0.25, -0.2) is 4.98 Å². The van der Waals surface area contributed by atoms with Gasteiger partial charge in [0.25, 0.3) is 3.90 Å². The highest BCUT2D eigenvalue weighted by Crippen LogP contribution is 2.32. The van der Waals surface area contributed by atoms with Gasteiger partial charge in [0.2, 0.25) is 0 Å². The van der Waals surface area contributed by atoms with E-state index in [2.05, 4.69) is 27.6 Å². The van der Waals surface area contributed by atoms with Gasteiger partial charge in [-0.3, -0.25) is 0 Å². The first-order chi connectivity index (χ1) is 8.84. The van der Waals surface area contributed by atoms with Crippen molar-refractivity contribution in [3.63, 3.8) is 0 Å². The molecule has 0 N–H and O–H groups in total. The molecule has 0 unspecified atom stereocenters. The molecule has 3 rings (SSSR count). The Morgan fingerprint density at radius 3 is 1.94 bits per heavy atom. The number of aromatic nitrogens is 1. The second kappa shape index (κ2) is 4.94. The van der Waals surface area contributed by atoms with Crippen LogP contribution in [-0.4, -0.2) is 4.98 Å². The van der Waals surface area contributed by atoms with Crippen molar-refractivity contribution in [2.75, 3.05) is 0 Å². The maximum atomic E-state index is 5.73. The molecule has 2 nitrogen and oxygen atoms in total. The molecule has 0 aliphatic heterocycles. The molecule has 0 atom stereocenters. The number of hydrogen-bond donors (Lipinski definition) is 0. The minimum atomic E-state index is 0.658.